The zero-order chi connectivity index (χ0) is 85.9. The first kappa shape index (κ1) is 87.9. The van der Waals surface area contributed by atoms with Crippen LogP contribution in [0, 0.1) is 5.92 Å². The van der Waals surface area contributed by atoms with Gasteiger partial charge in [-0.15, -0.1) is 0 Å². The molecule has 7 aromatic carbocycles. The predicted molar refractivity (Wildman–Crippen MR) is 426 cm³/mol. The first-order valence-corrected chi connectivity index (χ1v) is 39.1. The number of phenols is 3. The van der Waals surface area contributed by atoms with Crippen molar-refractivity contribution >= 4 is 93.7 Å². The van der Waals surface area contributed by atoms with Gasteiger partial charge in [0.05, 0.1) is 44.8 Å². The van der Waals surface area contributed by atoms with Crippen LogP contribution in [0.5, 0.6) is 51.7 Å². The quantitative estimate of drug-likeness (QED) is 0.0474. The Labute approximate surface area is 700 Å². The Morgan fingerprint density at radius 2 is 1.28 bits per heavy atom. The summed E-state index contributed by atoms with van der Waals surface area (Å²) in [6.07, 6.45) is -17.8. The van der Waals surface area contributed by atoms with Crippen molar-refractivity contribution in [2.24, 2.45) is 11.7 Å². The molecule has 0 aromatic heterocycles. The maximum Gasteiger partial charge on any atom is 0.330 e. The summed E-state index contributed by atoms with van der Waals surface area (Å²) in [6.45, 7) is 7.15. The summed E-state index contributed by atoms with van der Waals surface area (Å²) in [5, 5.41) is 130. The Balaban J connectivity index is 1.02. The first-order valence-electron chi connectivity index (χ1n) is 37.6. The molecule has 0 radical (unpaired) electrons. The smallest absolute Gasteiger partial charge is 0.330 e. The molecule has 2 saturated heterocycles. The zero-order valence-corrected chi connectivity index (χ0v) is 67.4. The van der Waals surface area contributed by atoms with Gasteiger partial charge in [-0.3, -0.25) is 33.6 Å². The van der Waals surface area contributed by atoms with Gasteiger partial charge in [-0.25, -0.2) is 4.79 Å². The summed E-state index contributed by atoms with van der Waals surface area (Å²) >= 11 is 26.7. The number of hydrogen-bond donors (Lipinski definition) is 19. The van der Waals surface area contributed by atoms with Gasteiger partial charge in [0.2, 0.25) is 53.4 Å². The molecule has 0 aliphatic carbocycles. The molecule has 0 unspecified atom stereocenters. The Bertz CT molecular complexity index is 5040. The van der Waals surface area contributed by atoms with Gasteiger partial charge < -0.3 is 133 Å². The number of halogens is 4. The van der Waals surface area contributed by atoms with E-state index in [2.05, 4.69) is 47.9 Å². The number of carboxylic acids is 1. The number of fused-ring (bicyclic) bond motifs is 15. The number of hydrogen-bond acceptors (Lipinski definition) is 26. The number of nitrogens with one attached hydrogen (secondary N) is 9. The molecule has 7 aromatic rings. The van der Waals surface area contributed by atoms with Gasteiger partial charge in [-0.2, -0.15) is 0 Å². The summed E-state index contributed by atoms with van der Waals surface area (Å²) < 4.78 is 46.1. The summed E-state index contributed by atoms with van der Waals surface area (Å²) in [5.74, 6) is -15.2. The van der Waals surface area contributed by atoms with E-state index in [4.69, 9.17) is 85.3 Å². The van der Waals surface area contributed by atoms with Gasteiger partial charge in [-0.1, -0.05) is 96.6 Å². The molecule has 14 rings (SSSR count). The number of likely N-dealkylation sites (N-methyl/N-ethyl adjacent to an activating group) is 2. The second kappa shape index (κ2) is 37.1. The monoisotopic (exact) mass is 1720 g/mol. The topological polar surface area (TPSA) is 518 Å². The van der Waals surface area contributed by atoms with Crippen LogP contribution in [0.4, 0.5) is 0 Å². The van der Waals surface area contributed by atoms with Crippen molar-refractivity contribution in [3.63, 3.8) is 0 Å². The van der Waals surface area contributed by atoms with Crippen LogP contribution in [-0.2, 0) is 65.7 Å². The van der Waals surface area contributed by atoms with Gasteiger partial charge in [0.25, 0.3) is 0 Å². The number of nitrogens with two attached hydrogens (primary N) is 1. The third-order valence-corrected chi connectivity index (χ3v) is 22.3. The molecule has 0 spiro atoms. The minimum atomic E-state index is -2.35. The standard InChI is InChI=1S/C81H88Cl4N10O24/c1-33(2)19-49(88-6)73(105)94-64-66(100)38-11-17-53(47(84)22-38)115-55-24-40-25-56(70(55)119-80-71(69(103)68(102)57(117-80)31-87-5)118-59-29-81(4,72(104)34(3)114-59)89-30-35-7-13-42(14-8-35)113-32-36-9-15-45(82)46(83)20-36)116-54-18-12-39(23-48(54)85)67(101)65-78(110)93-63(79(111)112)44-26-41(96)27-52(98)60(44)43-21-37(10-16-51(43)97)61(75(107)95-65)92-76(108)62(40)91-74(106)50(28-58(86)99)90-77(64)109/h7-18,20-27,33-34,49-50,57,59,61-69,71-72,80,87-89,96-98,100-104H,19,28-32H2,1-6H3,(H2,86,99)(H,90,109)(H,91,106)(H,92,108)(H,93,110)(H,94,105)(H,95,107)(H,111,112)/t34-,49+,50-,57+,59-,61+,62+,63-,64+,65-,66+,67+,68+,69-,71+,72+,80-,81-/m0/s1. The lowest BCUT2D eigenvalue weighted by atomic mass is 9.84. The lowest BCUT2D eigenvalue weighted by molar-refractivity contribution is -0.332. The molecule has 7 heterocycles. The van der Waals surface area contributed by atoms with Crippen LogP contribution in [-0.4, -0.2) is 193 Å². The molecule has 38 heteroatoms. The minimum absolute atomic E-state index is 0.104. The summed E-state index contributed by atoms with van der Waals surface area (Å²) in [4.78, 5) is 118. The highest BCUT2D eigenvalue weighted by molar-refractivity contribution is 6.42. The van der Waals surface area contributed by atoms with E-state index < -0.39 is 225 Å². The van der Waals surface area contributed by atoms with Crippen molar-refractivity contribution in [3.8, 4) is 62.9 Å². The number of rotatable bonds is 20. The normalized spacial score (nSPS) is 26.7. The number of primary amides is 1. The van der Waals surface area contributed by atoms with Crippen molar-refractivity contribution in [2.45, 2.75) is 169 Å². The number of carbonyl (C=O) groups is 8. The summed E-state index contributed by atoms with van der Waals surface area (Å²) in [5.41, 5.74) is 3.33. The number of aliphatic carboxylic acids is 1. The molecule has 2 fully saturated rings. The molecule has 20 N–H and O–H groups in total. The highest BCUT2D eigenvalue weighted by Crippen LogP contribution is 2.50. The zero-order valence-electron chi connectivity index (χ0n) is 64.4. The molecule has 0 saturated carbocycles. The second-order valence-corrected chi connectivity index (χ2v) is 31.7. The highest BCUT2D eigenvalue weighted by atomic mass is 35.5. The molecule has 7 amide bonds. The number of aliphatic hydroxyl groups is 5. The fraction of sp³-hybridized carbons (Fsp3) is 0.383. The average Bonchev–Trinajstić information content (AvgIpc) is 0.765. The molecular formula is C81H88Cl4N10O24. The first-order chi connectivity index (χ1) is 56.5. The molecule has 7 aliphatic heterocycles. The van der Waals surface area contributed by atoms with E-state index in [1.807, 2.05) is 26.0 Å². The van der Waals surface area contributed by atoms with Crippen molar-refractivity contribution in [1.82, 2.24) is 47.9 Å². The van der Waals surface area contributed by atoms with E-state index in [0.29, 0.717) is 15.8 Å². The molecule has 119 heavy (non-hydrogen) atoms. The molecule has 11 bridgehead atoms. The number of aliphatic hydroxyl groups excluding tert-OH is 5. The third-order valence-electron chi connectivity index (χ3n) is 21.0. The molecule has 7 aliphatic rings. The van der Waals surface area contributed by atoms with E-state index in [9.17, 15) is 69.9 Å². The van der Waals surface area contributed by atoms with Crippen LogP contribution >= 0.6 is 46.4 Å². The number of ether oxygens (including phenoxy) is 7. The molecule has 634 valence electrons. The van der Waals surface area contributed by atoms with Crippen molar-refractivity contribution in [1.29, 1.82) is 0 Å². The Morgan fingerprint density at radius 1 is 0.647 bits per heavy atom. The van der Waals surface area contributed by atoms with Crippen LogP contribution in [0.1, 0.15) is 116 Å². The SMILES string of the molecule is CNC[C@H]1O[C@@H](Oc2c3cc4cc2Oc2ccc(cc2Cl)[C@@H](O)[C@@H](NC(=O)[C@@H](CC(C)C)NC)C(=O)N[C@@H](CC(N)=O)C(=O)N[C@H]4C(=O)N[C@H]2C(=O)N[C@H](C(=O)N[C@H](C(=O)O)c4cc(O)cc(O)c4-c4cc2ccc4O)[C@H](O)c2ccc(c(Cl)c2)O3)[C@H](O[C@H]2C[C@](C)(NCc3ccc(OCc4ccc(Cl)c(Cl)c4)cc3)[C@H](O)[C@H](C)O2)[C@@H](O)[C@@H]1O. The number of aromatic hydroxyl groups is 3. The maximum absolute atomic E-state index is 16.3. The van der Waals surface area contributed by atoms with E-state index in [-0.39, 0.29) is 71.7 Å². The number of phenolic OH excluding ortho intramolecular Hbond substituents is 3. The van der Waals surface area contributed by atoms with Crippen LogP contribution in [0.15, 0.2) is 121 Å². The van der Waals surface area contributed by atoms with Gasteiger partial charge in [-0.05, 0) is 153 Å². The van der Waals surface area contributed by atoms with Crippen LogP contribution in [0.25, 0.3) is 11.1 Å². The van der Waals surface area contributed by atoms with E-state index >= 15 is 14.4 Å². The fourth-order valence-electron chi connectivity index (χ4n) is 14.7. The minimum Gasteiger partial charge on any atom is -0.508 e. The summed E-state index contributed by atoms with van der Waals surface area (Å²) in [6, 6.07) is 12.0. The maximum atomic E-state index is 16.3. The lowest BCUT2D eigenvalue weighted by Crippen LogP contribution is -2.65. The van der Waals surface area contributed by atoms with E-state index in [1.165, 1.54) is 32.3 Å². The van der Waals surface area contributed by atoms with E-state index in [1.54, 1.807) is 44.2 Å². The molecule has 34 nitrogen and oxygen atoms in total. The Morgan fingerprint density at radius 3 is 1.90 bits per heavy atom. The summed E-state index contributed by atoms with van der Waals surface area (Å²) in [7, 11) is 3.01. The molecular weight excluding hydrogens is 1640 g/mol. The van der Waals surface area contributed by atoms with Gasteiger partial charge in [0.15, 0.2) is 29.9 Å². The van der Waals surface area contributed by atoms with E-state index in [0.717, 1.165) is 71.8 Å². The Kier molecular flexibility index (Phi) is 27.4. The number of amides is 7. The highest BCUT2D eigenvalue weighted by Gasteiger charge is 2.52. The van der Waals surface area contributed by atoms with Gasteiger partial charge in [0, 0.05) is 47.8 Å². The van der Waals surface area contributed by atoms with Gasteiger partial charge >= 0.3 is 5.97 Å². The largest absolute Gasteiger partial charge is 0.508 e. The number of carboxylic acid groups (broad SMARTS) is 1. The van der Waals surface area contributed by atoms with Crippen LogP contribution in [0.3, 0.4) is 0 Å². The number of benzene rings is 7. The predicted octanol–water partition coefficient (Wildman–Crippen LogP) is 5.05. The average molecular weight is 1730 g/mol. The lowest BCUT2D eigenvalue weighted by Gasteiger charge is -2.48. The van der Waals surface area contributed by atoms with Crippen molar-refractivity contribution < 1.29 is 117 Å². The second-order valence-electron chi connectivity index (χ2n) is 30.0. The molecule has 18 atom stereocenters. The van der Waals surface area contributed by atoms with Gasteiger partial charge in [0.1, 0.15) is 102 Å². The Hall–Kier alpha value is -10.4. The van der Waals surface area contributed by atoms with Crippen molar-refractivity contribution in [2.75, 3.05) is 20.6 Å². The number of carbonyl (C=O) groups excluding carboxylic acids is 7. The van der Waals surface area contributed by atoms with Crippen LogP contribution < -0.4 is 72.5 Å². The fourth-order valence-corrected chi connectivity index (χ4v) is 15.4. The van der Waals surface area contributed by atoms with Crippen LogP contribution in [0.2, 0.25) is 20.1 Å². The van der Waals surface area contributed by atoms with Crippen molar-refractivity contribution in [3.05, 3.63) is 180 Å². The third kappa shape index (κ3) is 19.7.